The number of hydrogen-bond donors (Lipinski definition) is 1. The maximum absolute atomic E-state index is 13.0. The maximum Gasteiger partial charge on any atom is 0.410 e. The average Bonchev–Trinajstić information content (AvgIpc) is 3.11. The van der Waals surface area contributed by atoms with Gasteiger partial charge < -0.3 is 19.5 Å². The maximum atomic E-state index is 13.0. The Morgan fingerprint density at radius 3 is 2.32 bits per heavy atom. The minimum Gasteiger partial charge on any atom is -0.504 e. The van der Waals surface area contributed by atoms with Crippen LogP contribution in [0.15, 0.2) is 60.7 Å². The number of phenols is 1. The SMILES string of the molecule is COc1cc2c(cc1O)CCN(C(=O)OCC1c3ccccc3-c3ccccc31)C2C. The number of hydrogen-bond acceptors (Lipinski definition) is 4. The normalized spacial score (nSPS) is 17.0. The smallest absolute Gasteiger partial charge is 0.410 e. The zero-order chi connectivity index (χ0) is 21.5. The first-order valence-corrected chi connectivity index (χ1v) is 10.6. The van der Waals surface area contributed by atoms with Crippen molar-refractivity contribution in [2.24, 2.45) is 0 Å². The van der Waals surface area contributed by atoms with Gasteiger partial charge in [0, 0.05) is 12.5 Å². The molecule has 1 unspecified atom stereocenters. The van der Waals surface area contributed by atoms with E-state index in [0.29, 0.717) is 25.3 Å². The fraction of sp³-hybridized carbons (Fsp3) is 0.269. The number of carbonyl (C=O) groups is 1. The summed E-state index contributed by atoms with van der Waals surface area (Å²) in [5.41, 5.74) is 6.85. The molecule has 1 atom stereocenters. The highest BCUT2D eigenvalue weighted by atomic mass is 16.6. The van der Waals surface area contributed by atoms with Crippen molar-refractivity contribution in [2.75, 3.05) is 20.3 Å². The van der Waals surface area contributed by atoms with Crippen LogP contribution in [-0.4, -0.2) is 36.4 Å². The molecule has 5 heteroatoms. The molecule has 1 aliphatic carbocycles. The number of amides is 1. The van der Waals surface area contributed by atoms with Crippen LogP contribution in [0.2, 0.25) is 0 Å². The molecule has 5 nitrogen and oxygen atoms in total. The molecule has 31 heavy (non-hydrogen) atoms. The van der Waals surface area contributed by atoms with Gasteiger partial charge in [0.2, 0.25) is 0 Å². The topological polar surface area (TPSA) is 59.0 Å². The molecule has 0 saturated carbocycles. The van der Waals surface area contributed by atoms with Gasteiger partial charge in [-0.3, -0.25) is 0 Å². The number of methoxy groups -OCH3 is 1. The minimum atomic E-state index is -0.313. The van der Waals surface area contributed by atoms with Gasteiger partial charge >= 0.3 is 6.09 Å². The van der Waals surface area contributed by atoms with Crippen molar-refractivity contribution >= 4 is 6.09 Å². The predicted molar refractivity (Wildman–Crippen MR) is 119 cm³/mol. The van der Waals surface area contributed by atoms with E-state index >= 15 is 0 Å². The van der Waals surface area contributed by atoms with Crippen molar-refractivity contribution < 1.29 is 19.4 Å². The third-order valence-electron chi connectivity index (χ3n) is 6.55. The number of fused-ring (bicyclic) bond motifs is 4. The summed E-state index contributed by atoms with van der Waals surface area (Å²) in [4.78, 5) is 14.8. The Balaban J connectivity index is 1.35. The van der Waals surface area contributed by atoms with Gasteiger partial charge in [0.15, 0.2) is 11.5 Å². The van der Waals surface area contributed by atoms with E-state index in [0.717, 1.165) is 11.1 Å². The summed E-state index contributed by atoms with van der Waals surface area (Å²) in [5, 5.41) is 10.1. The molecule has 3 aromatic carbocycles. The van der Waals surface area contributed by atoms with E-state index in [-0.39, 0.29) is 23.8 Å². The molecule has 0 radical (unpaired) electrons. The van der Waals surface area contributed by atoms with Crippen LogP contribution < -0.4 is 4.74 Å². The number of nitrogens with zero attached hydrogens (tertiary/aromatic N) is 1. The van der Waals surface area contributed by atoms with Gasteiger partial charge in [0.05, 0.1) is 13.2 Å². The second-order valence-corrected chi connectivity index (χ2v) is 8.15. The lowest BCUT2D eigenvalue weighted by molar-refractivity contribution is 0.0836. The standard InChI is InChI=1S/C26H25NO4/c1-16-22-14-25(30-2)24(28)13-17(22)11-12-27(16)26(29)31-15-23-20-9-5-3-7-18(20)19-8-4-6-10-21(19)23/h3-10,13-14,16,23,28H,11-12,15H2,1-2H3. The van der Waals surface area contributed by atoms with Crippen molar-refractivity contribution in [3.8, 4) is 22.6 Å². The summed E-state index contributed by atoms with van der Waals surface area (Å²) < 4.78 is 11.1. The highest BCUT2D eigenvalue weighted by Crippen LogP contribution is 2.45. The minimum absolute atomic E-state index is 0.0424. The summed E-state index contributed by atoms with van der Waals surface area (Å²) in [6.45, 7) is 2.84. The van der Waals surface area contributed by atoms with E-state index in [4.69, 9.17) is 9.47 Å². The molecule has 0 saturated heterocycles. The number of rotatable bonds is 3. The van der Waals surface area contributed by atoms with E-state index in [1.54, 1.807) is 11.0 Å². The summed E-state index contributed by atoms with van der Waals surface area (Å²) in [7, 11) is 1.53. The first-order chi connectivity index (χ1) is 15.1. The van der Waals surface area contributed by atoms with E-state index in [2.05, 4.69) is 24.3 Å². The number of ether oxygens (including phenoxy) is 2. The van der Waals surface area contributed by atoms with Crippen LogP contribution in [0.3, 0.4) is 0 Å². The van der Waals surface area contributed by atoms with Crippen molar-refractivity contribution in [3.63, 3.8) is 0 Å². The fourth-order valence-electron chi connectivity index (χ4n) is 4.93. The Labute approximate surface area is 181 Å². The Kier molecular flexibility index (Phi) is 4.81. The third kappa shape index (κ3) is 3.21. The van der Waals surface area contributed by atoms with Gasteiger partial charge in [-0.05, 0) is 58.9 Å². The molecule has 0 fully saturated rings. The zero-order valence-corrected chi connectivity index (χ0v) is 17.7. The summed E-state index contributed by atoms with van der Waals surface area (Å²) in [6, 6.07) is 20.0. The highest BCUT2D eigenvalue weighted by Gasteiger charge is 2.33. The predicted octanol–water partition coefficient (Wildman–Crippen LogP) is 5.27. The highest BCUT2D eigenvalue weighted by molar-refractivity contribution is 5.79. The summed E-state index contributed by atoms with van der Waals surface area (Å²) in [5.74, 6) is 0.587. The average molecular weight is 415 g/mol. The first kappa shape index (κ1) is 19.5. The molecule has 5 rings (SSSR count). The Bertz CT molecular complexity index is 1110. The van der Waals surface area contributed by atoms with Crippen LogP contribution in [0, 0.1) is 0 Å². The Hall–Kier alpha value is -3.47. The molecule has 1 N–H and O–H groups in total. The van der Waals surface area contributed by atoms with Crippen molar-refractivity contribution in [2.45, 2.75) is 25.3 Å². The van der Waals surface area contributed by atoms with Crippen molar-refractivity contribution in [1.82, 2.24) is 4.90 Å². The molecule has 2 aliphatic rings. The molecule has 1 aliphatic heterocycles. The molecule has 3 aromatic rings. The van der Waals surface area contributed by atoms with E-state index in [9.17, 15) is 9.90 Å². The number of phenolic OH excluding ortho intramolecular Hbond substituents is 1. The lowest BCUT2D eigenvalue weighted by Crippen LogP contribution is -2.39. The van der Waals surface area contributed by atoms with Gasteiger partial charge in [-0.2, -0.15) is 0 Å². The molecular weight excluding hydrogens is 390 g/mol. The van der Waals surface area contributed by atoms with Gasteiger partial charge in [-0.25, -0.2) is 4.79 Å². The number of aromatic hydroxyl groups is 1. The van der Waals surface area contributed by atoms with Gasteiger partial charge in [0.1, 0.15) is 6.61 Å². The van der Waals surface area contributed by atoms with Gasteiger partial charge in [-0.1, -0.05) is 48.5 Å². The van der Waals surface area contributed by atoms with Gasteiger partial charge in [-0.15, -0.1) is 0 Å². The van der Waals surface area contributed by atoms with Crippen molar-refractivity contribution in [1.29, 1.82) is 0 Å². The molecule has 0 aromatic heterocycles. The molecule has 0 bridgehead atoms. The van der Waals surface area contributed by atoms with Gasteiger partial charge in [0.25, 0.3) is 0 Å². The molecule has 158 valence electrons. The van der Waals surface area contributed by atoms with E-state index < -0.39 is 0 Å². The molecular formula is C26H25NO4. The Morgan fingerprint density at radius 1 is 1.03 bits per heavy atom. The Morgan fingerprint density at radius 2 is 1.68 bits per heavy atom. The lowest BCUT2D eigenvalue weighted by Gasteiger charge is -2.35. The first-order valence-electron chi connectivity index (χ1n) is 10.6. The molecule has 0 spiro atoms. The van der Waals surface area contributed by atoms with Crippen LogP contribution in [0.4, 0.5) is 4.79 Å². The summed E-state index contributed by atoms with van der Waals surface area (Å²) >= 11 is 0. The monoisotopic (exact) mass is 415 g/mol. The van der Waals surface area contributed by atoms with Crippen molar-refractivity contribution in [3.05, 3.63) is 82.9 Å². The van der Waals surface area contributed by atoms with Crippen LogP contribution in [-0.2, 0) is 11.2 Å². The number of benzene rings is 3. The lowest BCUT2D eigenvalue weighted by atomic mass is 9.93. The molecule has 1 amide bonds. The second-order valence-electron chi connectivity index (χ2n) is 8.15. The quantitative estimate of drug-likeness (QED) is 0.633. The van der Waals surface area contributed by atoms with E-state index in [1.807, 2.05) is 37.3 Å². The largest absolute Gasteiger partial charge is 0.504 e. The zero-order valence-electron chi connectivity index (χ0n) is 17.7. The third-order valence-corrected chi connectivity index (χ3v) is 6.55. The second kappa shape index (κ2) is 7.65. The van der Waals surface area contributed by atoms with E-state index in [1.165, 1.54) is 29.4 Å². The number of carbonyl (C=O) groups excluding carboxylic acids is 1. The summed E-state index contributed by atoms with van der Waals surface area (Å²) in [6.07, 6.45) is 0.355. The van der Waals surface area contributed by atoms with Crippen LogP contribution in [0.25, 0.3) is 11.1 Å². The molecule has 1 heterocycles. The van der Waals surface area contributed by atoms with Crippen LogP contribution >= 0.6 is 0 Å². The fourth-order valence-corrected chi connectivity index (χ4v) is 4.93. The van der Waals surface area contributed by atoms with Crippen LogP contribution in [0.5, 0.6) is 11.5 Å². The van der Waals surface area contributed by atoms with Crippen LogP contribution in [0.1, 0.15) is 41.1 Å².